The maximum Gasteiger partial charge on any atom is 0.147 e. The number of hydrogen-bond acceptors (Lipinski definition) is 2. The Balaban J connectivity index is 1.90. The summed E-state index contributed by atoms with van der Waals surface area (Å²) in [5.41, 5.74) is 1.55. The zero-order valence-electron chi connectivity index (χ0n) is 9.34. The zero-order chi connectivity index (χ0) is 12.7. The Morgan fingerprint density at radius 1 is 1.33 bits per heavy atom. The van der Waals surface area contributed by atoms with Crippen LogP contribution in [0.1, 0.15) is 22.9 Å². The Hall–Kier alpha value is -0.770. The van der Waals surface area contributed by atoms with Gasteiger partial charge in [-0.3, -0.25) is 0 Å². The number of aryl methyl sites for hydroxylation is 1. The summed E-state index contributed by atoms with van der Waals surface area (Å²) < 4.78 is 14.5. The van der Waals surface area contributed by atoms with Crippen molar-refractivity contribution in [1.82, 2.24) is 0 Å². The molecule has 1 aliphatic carbocycles. The molecule has 5 heteroatoms. The van der Waals surface area contributed by atoms with Gasteiger partial charge in [0, 0.05) is 4.88 Å². The lowest BCUT2D eigenvalue weighted by Crippen LogP contribution is -2.08. The van der Waals surface area contributed by atoms with Crippen LogP contribution in [-0.2, 0) is 6.42 Å². The Kier molecular flexibility index (Phi) is 3.22. The zero-order valence-corrected chi connectivity index (χ0v) is 11.7. The summed E-state index contributed by atoms with van der Waals surface area (Å²) in [6.07, 6.45) is 1.93. The van der Waals surface area contributed by atoms with Crippen LogP contribution in [0, 0.1) is 5.82 Å². The molecule has 0 fully saturated rings. The average Bonchev–Trinajstić information content (AvgIpc) is 2.84. The minimum absolute atomic E-state index is 0.0955. The van der Waals surface area contributed by atoms with Crippen molar-refractivity contribution in [3.63, 3.8) is 0 Å². The molecule has 1 aromatic heterocycles. The van der Waals surface area contributed by atoms with E-state index in [-0.39, 0.29) is 11.9 Å². The number of thiophene rings is 1. The molecule has 1 heterocycles. The summed E-state index contributed by atoms with van der Waals surface area (Å²) in [6.45, 7) is 0. The largest absolute Gasteiger partial charge is 0.375 e. The van der Waals surface area contributed by atoms with Gasteiger partial charge in [0.25, 0.3) is 0 Å². The van der Waals surface area contributed by atoms with Gasteiger partial charge in [-0.25, -0.2) is 4.39 Å². The van der Waals surface area contributed by atoms with E-state index in [2.05, 4.69) is 5.32 Å². The Morgan fingerprint density at radius 3 is 2.94 bits per heavy atom. The fourth-order valence-electron chi connectivity index (χ4n) is 2.29. The number of anilines is 1. The minimum atomic E-state index is -0.322. The van der Waals surface area contributed by atoms with Crippen molar-refractivity contribution in [3.8, 4) is 0 Å². The molecule has 1 unspecified atom stereocenters. The quantitative estimate of drug-likeness (QED) is 0.794. The molecule has 1 aliphatic rings. The van der Waals surface area contributed by atoms with E-state index in [1.165, 1.54) is 16.5 Å². The predicted molar refractivity (Wildman–Crippen MR) is 75.4 cm³/mol. The fraction of sp³-hybridized carbons (Fsp3) is 0.231. The van der Waals surface area contributed by atoms with Crippen molar-refractivity contribution in [2.24, 2.45) is 0 Å². The maximum absolute atomic E-state index is 13.7. The molecular weight excluding hydrogens is 292 g/mol. The maximum atomic E-state index is 13.7. The molecule has 0 saturated carbocycles. The molecule has 0 bridgehead atoms. The number of halogens is 3. The summed E-state index contributed by atoms with van der Waals surface area (Å²) in [5.74, 6) is -0.322. The molecule has 1 nitrogen and oxygen atoms in total. The van der Waals surface area contributed by atoms with Crippen LogP contribution in [0.15, 0.2) is 24.3 Å². The standard InChI is InChI=1S/C13H10Cl2FNS/c14-8-2-1-3-9(16)13(8)17-10-4-5-11-7(10)6-12(15)18-11/h1-3,6,10,17H,4-5H2. The summed E-state index contributed by atoms with van der Waals surface area (Å²) in [6, 6.07) is 6.75. The number of hydrogen-bond donors (Lipinski definition) is 1. The van der Waals surface area contributed by atoms with E-state index in [0.29, 0.717) is 10.7 Å². The highest BCUT2D eigenvalue weighted by Gasteiger charge is 2.26. The lowest BCUT2D eigenvalue weighted by Gasteiger charge is -2.16. The van der Waals surface area contributed by atoms with Crippen molar-refractivity contribution >= 4 is 40.2 Å². The molecule has 0 amide bonds. The van der Waals surface area contributed by atoms with Gasteiger partial charge in [-0.15, -0.1) is 11.3 Å². The first-order valence-electron chi connectivity index (χ1n) is 5.64. The number of rotatable bonds is 2. The van der Waals surface area contributed by atoms with Gasteiger partial charge >= 0.3 is 0 Å². The second-order valence-corrected chi connectivity index (χ2v) is 6.44. The molecule has 1 aromatic carbocycles. The van der Waals surface area contributed by atoms with Crippen molar-refractivity contribution < 1.29 is 4.39 Å². The molecule has 1 N–H and O–H groups in total. The van der Waals surface area contributed by atoms with E-state index in [1.807, 2.05) is 6.07 Å². The SMILES string of the molecule is Fc1cccc(Cl)c1NC1CCc2sc(Cl)cc21. The molecule has 3 rings (SSSR count). The molecule has 2 aromatic rings. The first kappa shape index (κ1) is 12.3. The molecule has 0 saturated heterocycles. The van der Waals surface area contributed by atoms with E-state index in [4.69, 9.17) is 23.2 Å². The molecule has 0 spiro atoms. The van der Waals surface area contributed by atoms with Crippen LogP contribution in [-0.4, -0.2) is 0 Å². The molecule has 1 atom stereocenters. The van der Waals surface area contributed by atoms with E-state index in [1.54, 1.807) is 23.5 Å². The van der Waals surface area contributed by atoms with Gasteiger partial charge in [0.05, 0.1) is 21.1 Å². The summed E-state index contributed by atoms with van der Waals surface area (Å²) in [7, 11) is 0. The van der Waals surface area contributed by atoms with E-state index < -0.39 is 0 Å². The van der Waals surface area contributed by atoms with Crippen LogP contribution in [0.2, 0.25) is 9.36 Å². The summed E-state index contributed by atoms with van der Waals surface area (Å²) >= 11 is 13.6. The highest BCUT2D eigenvalue weighted by atomic mass is 35.5. The van der Waals surface area contributed by atoms with Gasteiger partial charge in [-0.1, -0.05) is 29.3 Å². The monoisotopic (exact) mass is 301 g/mol. The second kappa shape index (κ2) is 4.72. The third-order valence-corrected chi connectivity index (χ3v) is 4.78. The normalized spacial score (nSPS) is 17.8. The molecule has 0 radical (unpaired) electrons. The van der Waals surface area contributed by atoms with E-state index in [0.717, 1.165) is 17.2 Å². The molecule has 18 heavy (non-hydrogen) atoms. The van der Waals surface area contributed by atoms with Gasteiger partial charge in [0.15, 0.2) is 0 Å². The smallest absolute Gasteiger partial charge is 0.147 e. The molecule has 94 valence electrons. The lowest BCUT2D eigenvalue weighted by molar-refractivity contribution is 0.625. The van der Waals surface area contributed by atoms with Crippen LogP contribution in [0.3, 0.4) is 0 Å². The van der Waals surface area contributed by atoms with E-state index in [9.17, 15) is 4.39 Å². The number of nitrogens with one attached hydrogen (secondary N) is 1. The minimum Gasteiger partial charge on any atom is -0.375 e. The number of para-hydroxylation sites is 1. The van der Waals surface area contributed by atoms with Crippen LogP contribution in [0.25, 0.3) is 0 Å². The molecular formula is C13H10Cl2FNS. The van der Waals surface area contributed by atoms with Crippen molar-refractivity contribution in [1.29, 1.82) is 0 Å². The number of fused-ring (bicyclic) bond motifs is 1. The van der Waals surface area contributed by atoms with Crippen LogP contribution in [0.4, 0.5) is 10.1 Å². The first-order valence-corrected chi connectivity index (χ1v) is 7.21. The fourth-order valence-corrected chi connectivity index (χ4v) is 3.86. The van der Waals surface area contributed by atoms with Crippen LogP contribution >= 0.6 is 34.5 Å². The van der Waals surface area contributed by atoms with Gasteiger partial charge in [0.1, 0.15) is 5.82 Å². The molecule has 0 aliphatic heterocycles. The summed E-state index contributed by atoms with van der Waals surface area (Å²) in [4.78, 5) is 1.28. The van der Waals surface area contributed by atoms with Gasteiger partial charge in [-0.05, 0) is 36.6 Å². The van der Waals surface area contributed by atoms with Gasteiger partial charge in [-0.2, -0.15) is 0 Å². The van der Waals surface area contributed by atoms with Crippen LogP contribution in [0.5, 0.6) is 0 Å². The van der Waals surface area contributed by atoms with Crippen molar-refractivity contribution in [2.75, 3.05) is 5.32 Å². The highest BCUT2D eigenvalue weighted by Crippen LogP contribution is 2.42. The van der Waals surface area contributed by atoms with Crippen molar-refractivity contribution in [2.45, 2.75) is 18.9 Å². The third kappa shape index (κ3) is 2.11. The topological polar surface area (TPSA) is 12.0 Å². The van der Waals surface area contributed by atoms with E-state index >= 15 is 0 Å². The highest BCUT2D eigenvalue weighted by molar-refractivity contribution is 7.16. The Morgan fingerprint density at radius 2 is 2.17 bits per heavy atom. The summed E-state index contributed by atoms with van der Waals surface area (Å²) in [5, 5.41) is 3.60. The average molecular weight is 302 g/mol. The van der Waals surface area contributed by atoms with Gasteiger partial charge < -0.3 is 5.32 Å². The third-order valence-electron chi connectivity index (χ3n) is 3.13. The van der Waals surface area contributed by atoms with Gasteiger partial charge in [0.2, 0.25) is 0 Å². The van der Waals surface area contributed by atoms with Crippen LogP contribution < -0.4 is 5.32 Å². The Labute approximate surface area is 119 Å². The second-order valence-electron chi connectivity index (χ2n) is 4.26. The Bertz CT molecular complexity index is 576. The number of benzene rings is 1. The van der Waals surface area contributed by atoms with Crippen molar-refractivity contribution in [3.05, 3.63) is 49.9 Å². The predicted octanol–water partition coefficient (Wildman–Crippen LogP) is 5.29. The lowest BCUT2D eigenvalue weighted by atomic mass is 10.1. The first-order chi connectivity index (χ1) is 8.65.